The van der Waals surface area contributed by atoms with Crippen LogP contribution >= 0.6 is 11.6 Å². The van der Waals surface area contributed by atoms with E-state index in [9.17, 15) is 9.59 Å². The van der Waals surface area contributed by atoms with Crippen molar-refractivity contribution in [3.05, 3.63) is 28.5 Å². The van der Waals surface area contributed by atoms with Gasteiger partial charge in [-0.3, -0.25) is 9.59 Å². The molecule has 2 rings (SSSR count). The fourth-order valence-corrected chi connectivity index (χ4v) is 2.43. The van der Waals surface area contributed by atoms with Gasteiger partial charge in [0.25, 0.3) is 5.91 Å². The molecule has 0 bridgehead atoms. The number of aliphatic carboxylic acids is 1. The van der Waals surface area contributed by atoms with Gasteiger partial charge in [0.1, 0.15) is 5.15 Å². The van der Waals surface area contributed by atoms with Crippen LogP contribution in [0.1, 0.15) is 55.1 Å². The minimum Gasteiger partial charge on any atom is -0.481 e. The Hall–Kier alpha value is -1.62. The summed E-state index contributed by atoms with van der Waals surface area (Å²) in [6.45, 7) is 3.94. The molecule has 1 fully saturated rings. The highest BCUT2D eigenvalue weighted by Crippen LogP contribution is 2.34. The smallest absolute Gasteiger partial charge is 0.305 e. The minimum atomic E-state index is -0.900. The number of rotatable bonds is 6. The number of hydrogen-bond acceptors (Lipinski definition) is 3. The number of halogens is 1. The molecule has 21 heavy (non-hydrogen) atoms. The molecule has 0 saturated heterocycles. The number of amides is 1. The largest absolute Gasteiger partial charge is 0.481 e. The molecule has 1 amide bonds. The van der Waals surface area contributed by atoms with Gasteiger partial charge < -0.3 is 10.4 Å². The van der Waals surface area contributed by atoms with E-state index >= 15 is 0 Å². The van der Waals surface area contributed by atoms with Gasteiger partial charge in [0, 0.05) is 17.3 Å². The van der Waals surface area contributed by atoms with Crippen LogP contribution in [0.25, 0.3) is 0 Å². The quantitative estimate of drug-likeness (QED) is 0.792. The Bertz CT molecular complexity index is 556. The predicted molar refractivity (Wildman–Crippen MR) is 79.6 cm³/mol. The fraction of sp³-hybridized carbons (Fsp3) is 0.533. The summed E-state index contributed by atoms with van der Waals surface area (Å²) >= 11 is 5.95. The normalized spacial score (nSPS) is 15.8. The number of hydrogen-bond donors (Lipinski definition) is 2. The van der Waals surface area contributed by atoms with Gasteiger partial charge in [-0.25, -0.2) is 4.98 Å². The van der Waals surface area contributed by atoms with Crippen LogP contribution < -0.4 is 5.32 Å². The van der Waals surface area contributed by atoms with Crippen LogP contribution in [-0.4, -0.2) is 28.0 Å². The minimum absolute atomic E-state index is 0.0493. The van der Waals surface area contributed by atoms with Crippen molar-refractivity contribution in [1.29, 1.82) is 0 Å². The zero-order valence-electron chi connectivity index (χ0n) is 12.1. The molecule has 1 heterocycles. The second kappa shape index (κ2) is 6.43. The van der Waals surface area contributed by atoms with Gasteiger partial charge >= 0.3 is 5.97 Å². The van der Waals surface area contributed by atoms with Crippen LogP contribution in [0.4, 0.5) is 0 Å². The molecule has 0 aromatic carbocycles. The number of carboxylic acid groups (broad SMARTS) is 1. The summed E-state index contributed by atoms with van der Waals surface area (Å²) in [4.78, 5) is 27.4. The summed E-state index contributed by atoms with van der Waals surface area (Å²) in [5, 5.41) is 12.0. The molecule has 1 atom stereocenters. The van der Waals surface area contributed by atoms with Gasteiger partial charge in [-0.05, 0) is 36.8 Å². The number of carbonyl (C=O) groups is 2. The van der Waals surface area contributed by atoms with E-state index in [0.717, 1.165) is 18.5 Å². The van der Waals surface area contributed by atoms with E-state index in [1.165, 1.54) is 6.07 Å². The Morgan fingerprint density at radius 1 is 1.43 bits per heavy atom. The molecule has 1 unspecified atom stereocenters. The van der Waals surface area contributed by atoms with Crippen LogP contribution in [0.15, 0.2) is 12.1 Å². The Labute approximate surface area is 128 Å². The summed E-state index contributed by atoms with van der Waals surface area (Å²) < 4.78 is 0. The maximum absolute atomic E-state index is 12.3. The summed E-state index contributed by atoms with van der Waals surface area (Å²) in [5.41, 5.74) is 1.17. The van der Waals surface area contributed by atoms with E-state index in [0.29, 0.717) is 5.56 Å². The summed E-state index contributed by atoms with van der Waals surface area (Å²) in [7, 11) is 0. The van der Waals surface area contributed by atoms with E-state index in [-0.39, 0.29) is 35.4 Å². The third kappa shape index (κ3) is 4.43. The van der Waals surface area contributed by atoms with Gasteiger partial charge in [-0.1, -0.05) is 25.4 Å². The first kappa shape index (κ1) is 15.8. The Kier molecular flexibility index (Phi) is 4.83. The molecule has 1 saturated carbocycles. The monoisotopic (exact) mass is 310 g/mol. The van der Waals surface area contributed by atoms with Crippen molar-refractivity contribution in [3.63, 3.8) is 0 Å². The van der Waals surface area contributed by atoms with E-state index < -0.39 is 5.97 Å². The Morgan fingerprint density at radius 3 is 2.62 bits per heavy atom. The molecular weight excluding hydrogens is 292 g/mol. The second-order valence-electron chi connectivity index (χ2n) is 5.77. The highest BCUT2D eigenvalue weighted by Gasteiger charge is 2.34. The molecule has 1 aromatic heterocycles. The van der Waals surface area contributed by atoms with Crippen LogP contribution in [0, 0.1) is 5.92 Å². The lowest BCUT2D eigenvalue weighted by Gasteiger charge is -2.17. The van der Waals surface area contributed by atoms with Crippen molar-refractivity contribution < 1.29 is 14.7 Å². The highest BCUT2D eigenvalue weighted by atomic mass is 35.5. The standard InChI is InChI=1S/C15H19ClN2O3/c1-8(2)11-5-10(6-13(16)17-11)15(21)18-12(7-14(19)20)9-3-4-9/h5-6,8-9,12H,3-4,7H2,1-2H3,(H,18,21)(H,19,20). The molecule has 0 spiro atoms. The van der Waals surface area contributed by atoms with Crippen molar-refractivity contribution >= 4 is 23.5 Å². The zero-order chi connectivity index (χ0) is 15.6. The van der Waals surface area contributed by atoms with E-state index in [4.69, 9.17) is 16.7 Å². The molecule has 1 aliphatic carbocycles. The lowest BCUT2D eigenvalue weighted by molar-refractivity contribution is -0.137. The van der Waals surface area contributed by atoms with Crippen molar-refractivity contribution in [2.24, 2.45) is 5.92 Å². The van der Waals surface area contributed by atoms with Gasteiger partial charge in [0.05, 0.1) is 6.42 Å². The number of nitrogens with one attached hydrogen (secondary N) is 1. The molecule has 2 N–H and O–H groups in total. The van der Waals surface area contributed by atoms with Crippen LogP contribution in [0.2, 0.25) is 5.15 Å². The first-order valence-corrected chi connectivity index (χ1v) is 7.44. The van der Waals surface area contributed by atoms with E-state index in [2.05, 4.69) is 10.3 Å². The van der Waals surface area contributed by atoms with Gasteiger partial charge in [0.15, 0.2) is 0 Å². The first-order valence-electron chi connectivity index (χ1n) is 7.07. The Balaban J connectivity index is 2.13. The number of aromatic nitrogens is 1. The molecule has 1 aliphatic rings. The molecule has 5 nitrogen and oxygen atoms in total. The molecule has 1 aromatic rings. The summed E-state index contributed by atoms with van der Waals surface area (Å²) in [5.74, 6) is -0.761. The number of carbonyl (C=O) groups excluding carboxylic acids is 1. The molecular formula is C15H19ClN2O3. The topological polar surface area (TPSA) is 79.3 Å². The Morgan fingerprint density at radius 2 is 2.10 bits per heavy atom. The molecule has 0 radical (unpaired) electrons. The maximum atomic E-state index is 12.3. The third-order valence-corrected chi connectivity index (χ3v) is 3.76. The molecule has 6 heteroatoms. The van der Waals surface area contributed by atoms with Crippen molar-refractivity contribution in [3.8, 4) is 0 Å². The van der Waals surface area contributed by atoms with Crippen molar-refractivity contribution in [2.45, 2.75) is 45.1 Å². The lowest BCUT2D eigenvalue weighted by atomic mass is 10.1. The van der Waals surface area contributed by atoms with Gasteiger partial charge in [-0.2, -0.15) is 0 Å². The van der Waals surface area contributed by atoms with Crippen molar-refractivity contribution in [1.82, 2.24) is 10.3 Å². The number of carboxylic acids is 1. The average Bonchev–Trinajstić information content (AvgIpc) is 3.20. The zero-order valence-corrected chi connectivity index (χ0v) is 12.9. The second-order valence-corrected chi connectivity index (χ2v) is 6.16. The van der Waals surface area contributed by atoms with Crippen molar-refractivity contribution in [2.75, 3.05) is 0 Å². The number of nitrogens with zero attached hydrogens (tertiary/aromatic N) is 1. The predicted octanol–water partition coefficient (Wildman–Crippen LogP) is 2.84. The van der Waals surface area contributed by atoms with E-state index in [1.54, 1.807) is 6.07 Å². The van der Waals surface area contributed by atoms with Crippen LogP contribution in [0.5, 0.6) is 0 Å². The average molecular weight is 311 g/mol. The van der Waals surface area contributed by atoms with Gasteiger partial charge in [0.2, 0.25) is 0 Å². The fourth-order valence-electron chi connectivity index (χ4n) is 2.22. The number of pyridine rings is 1. The first-order chi connectivity index (χ1) is 9.86. The van der Waals surface area contributed by atoms with Gasteiger partial charge in [-0.15, -0.1) is 0 Å². The molecule has 114 valence electrons. The van der Waals surface area contributed by atoms with Crippen LogP contribution in [0.3, 0.4) is 0 Å². The summed E-state index contributed by atoms with van der Waals surface area (Å²) in [6.07, 6.45) is 1.88. The third-order valence-electron chi connectivity index (χ3n) is 3.57. The maximum Gasteiger partial charge on any atom is 0.305 e. The van der Waals surface area contributed by atoms with E-state index in [1.807, 2.05) is 13.8 Å². The highest BCUT2D eigenvalue weighted by molar-refractivity contribution is 6.29. The molecule has 0 aliphatic heterocycles. The van der Waals surface area contributed by atoms with Crippen LogP contribution in [-0.2, 0) is 4.79 Å². The lowest BCUT2D eigenvalue weighted by Crippen LogP contribution is -2.38. The summed E-state index contributed by atoms with van der Waals surface area (Å²) in [6, 6.07) is 2.90. The SMILES string of the molecule is CC(C)c1cc(C(=O)NC(CC(=O)O)C2CC2)cc(Cl)n1.